The summed E-state index contributed by atoms with van der Waals surface area (Å²) in [6.45, 7) is 3.75. The molecule has 1 aromatic rings. The highest BCUT2D eigenvalue weighted by Gasteiger charge is 2.01. The first-order valence-electron chi connectivity index (χ1n) is 4.15. The fraction of sp³-hybridized carbons (Fsp3) is 0.625. The van der Waals surface area contributed by atoms with Gasteiger partial charge in [0.15, 0.2) is 0 Å². The van der Waals surface area contributed by atoms with Gasteiger partial charge in [0.05, 0.1) is 12.6 Å². The van der Waals surface area contributed by atoms with Crippen LogP contribution < -0.4 is 5.32 Å². The van der Waals surface area contributed by atoms with Gasteiger partial charge in [-0.25, -0.2) is 0 Å². The standard InChI is InChI=1S/C8H15N3O/c1-8(7-9-4-6-12)11-5-2-3-10-11/h2-3,5,8-9,12H,4,6-7H2,1H3. The molecule has 1 unspecified atom stereocenters. The average Bonchev–Trinajstić information content (AvgIpc) is 2.56. The van der Waals surface area contributed by atoms with Gasteiger partial charge in [0, 0.05) is 25.5 Å². The summed E-state index contributed by atoms with van der Waals surface area (Å²) < 4.78 is 1.89. The molecule has 0 aliphatic rings. The van der Waals surface area contributed by atoms with Crippen LogP contribution in [0.5, 0.6) is 0 Å². The number of rotatable bonds is 5. The summed E-state index contributed by atoms with van der Waals surface area (Å²) in [7, 11) is 0. The van der Waals surface area contributed by atoms with E-state index in [1.807, 2.05) is 16.9 Å². The Kier molecular flexibility index (Phi) is 3.76. The van der Waals surface area contributed by atoms with Crippen molar-refractivity contribution in [1.82, 2.24) is 15.1 Å². The minimum absolute atomic E-state index is 0.186. The Morgan fingerprint density at radius 3 is 3.08 bits per heavy atom. The van der Waals surface area contributed by atoms with Crippen LogP contribution in [-0.4, -0.2) is 34.6 Å². The maximum absolute atomic E-state index is 8.52. The first-order valence-corrected chi connectivity index (χ1v) is 4.15. The SMILES string of the molecule is CC(CNCCO)n1cccn1. The molecule has 0 aromatic carbocycles. The normalized spacial score (nSPS) is 13.2. The van der Waals surface area contributed by atoms with Gasteiger partial charge in [-0.1, -0.05) is 0 Å². The summed E-state index contributed by atoms with van der Waals surface area (Å²) in [5.74, 6) is 0. The number of nitrogens with zero attached hydrogens (tertiary/aromatic N) is 2. The molecule has 1 heterocycles. The lowest BCUT2D eigenvalue weighted by molar-refractivity contribution is 0.287. The predicted octanol–water partition coefficient (Wildman–Crippen LogP) is 0.0260. The van der Waals surface area contributed by atoms with E-state index < -0.39 is 0 Å². The first-order chi connectivity index (χ1) is 5.84. The molecule has 0 saturated heterocycles. The Morgan fingerprint density at radius 1 is 1.67 bits per heavy atom. The third-order valence-electron chi connectivity index (χ3n) is 1.70. The lowest BCUT2D eigenvalue weighted by Gasteiger charge is -2.12. The molecule has 0 fully saturated rings. The van der Waals surface area contributed by atoms with Crippen LogP contribution >= 0.6 is 0 Å². The number of hydrogen-bond acceptors (Lipinski definition) is 3. The van der Waals surface area contributed by atoms with Crippen LogP contribution in [0, 0.1) is 0 Å². The highest BCUT2D eigenvalue weighted by molar-refractivity contribution is 4.80. The van der Waals surface area contributed by atoms with Gasteiger partial charge in [-0.15, -0.1) is 0 Å². The molecule has 4 nitrogen and oxygen atoms in total. The quantitative estimate of drug-likeness (QED) is 0.611. The van der Waals surface area contributed by atoms with Gasteiger partial charge in [0.1, 0.15) is 0 Å². The predicted molar refractivity (Wildman–Crippen MR) is 46.9 cm³/mol. The largest absolute Gasteiger partial charge is 0.395 e. The van der Waals surface area contributed by atoms with Crippen LogP contribution in [0.3, 0.4) is 0 Å². The Hall–Kier alpha value is -0.870. The van der Waals surface area contributed by atoms with Crippen molar-refractivity contribution in [2.75, 3.05) is 19.7 Å². The molecule has 1 aromatic heterocycles. The van der Waals surface area contributed by atoms with Crippen LogP contribution in [0.15, 0.2) is 18.5 Å². The van der Waals surface area contributed by atoms with E-state index in [-0.39, 0.29) is 6.61 Å². The van der Waals surface area contributed by atoms with Crippen molar-refractivity contribution in [3.63, 3.8) is 0 Å². The van der Waals surface area contributed by atoms with Gasteiger partial charge in [-0.2, -0.15) is 5.10 Å². The fourth-order valence-corrected chi connectivity index (χ4v) is 1.02. The lowest BCUT2D eigenvalue weighted by Crippen LogP contribution is -2.26. The van der Waals surface area contributed by atoms with Crippen molar-refractivity contribution < 1.29 is 5.11 Å². The number of aromatic nitrogens is 2. The monoisotopic (exact) mass is 169 g/mol. The van der Waals surface area contributed by atoms with E-state index in [1.165, 1.54) is 0 Å². The molecule has 0 amide bonds. The third kappa shape index (κ3) is 2.64. The fourth-order valence-electron chi connectivity index (χ4n) is 1.02. The highest BCUT2D eigenvalue weighted by Crippen LogP contribution is 1.99. The molecule has 0 saturated carbocycles. The van der Waals surface area contributed by atoms with Crippen molar-refractivity contribution in [1.29, 1.82) is 0 Å². The van der Waals surface area contributed by atoms with Crippen LogP contribution in [0.1, 0.15) is 13.0 Å². The van der Waals surface area contributed by atoms with E-state index >= 15 is 0 Å². The van der Waals surface area contributed by atoms with Crippen molar-refractivity contribution in [3.8, 4) is 0 Å². The molecule has 0 radical (unpaired) electrons. The van der Waals surface area contributed by atoms with Crippen molar-refractivity contribution in [3.05, 3.63) is 18.5 Å². The van der Waals surface area contributed by atoms with Crippen LogP contribution in [-0.2, 0) is 0 Å². The minimum Gasteiger partial charge on any atom is -0.395 e. The molecule has 68 valence electrons. The van der Waals surface area contributed by atoms with Crippen LogP contribution in [0.25, 0.3) is 0 Å². The number of hydrogen-bond donors (Lipinski definition) is 2. The molecule has 0 bridgehead atoms. The van der Waals surface area contributed by atoms with E-state index in [2.05, 4.69) is 17.3 Å². The van der Waals surface area contributed by atoms with Gasteiger partial charge in [0.25, 0.3) is 0 Å². The molecule has 0 aliphatic heterocycles. The number of nitrogens with one attached hydrogen (secondary N) is 1. The summed E-state index contributed by atoms with van der Waals surface area (Å²) in [6, 6.07) is 2.24. The molecular weight excluding hydrogens is 154 g/mol. The highest BCUT2D eigenvalue weighted by atomic mass is 16.3. The summed E-state index contributed by atoms with van der Waals surface area (Å²) in [5.41, 5.74) is 0. The maximum Gasteiger partial charge on any atom is 0.0615 e. The van der Waals surface area contributed by atoms with Crippen molar-refractivity contribution in [2.24, 2.45) is 0 Å². The molecular formula is C8H15N3O. The summed E-state index contributed by atoms with van der Waals surface area (Å²) in [6.07, 6.45) is 3.70. The van der Waals surface area contributed by atoms with E-state index in [4.69, 9.17) is 5.11 Å². The van der Waals surface area contributed by atoms with Gasteiger partial charge >= 0.3 is 0 Å². The third-order valence-corrected chi connectivity index (χ3v) is 1.70. The van der Waals surface area contributed by atoms with E-state index in [1.54, 1.807) is 6.20 Å². The molecule has 0 aliphatic carbocycles. The van der Waals surface area contributed by atoms with E-state index in [0.717, 1.165) is 6.54 Å². The maximum atomic E-state index is 8.52. The number of aliphatic hydroxyl groups is 1. The Labute approximate surface area is 72.2 Å². The zero-order valence-electron chi connectivity index (χ0n) is 7.27. The minimum atomic E-state index is 0.186. The second-order valence-corrected chi connectivity index (χ2v) is 2.76. The molecule has 1 atom stereocenters. The van der Waals surface area contributed by atoms with Gasteiger partial charge in [-0.3, -0.25) is 4.68 Å². The van der Waals surface area contributed by atoms with Gasteiger partial charge < -0.3 is 10.4 Å². The number of aliphatic hydroxyl groups excluding tert-OH is 1. The zero-order valence-corrected chi connectivity index (χ0v) is 7.27. The van der Waals surface area contributed by atoms with Crippen molar-refractivity contribution >= 4 is 0 Å². The average molecular weight is 169 g/mol. The smallest absolute Gasteiger partial charge is 0.0615 e. The molecule has 0 spiro atoms. The molecule has 4 heteroatoms. The molecule has 2 N–H and O–H groups in total. The van der Waals surface area contributed by atoms with E-state index in [9.17, 15) is 0 Å². The first kappa shape index (κ1) is 9.22. The van der Waals surface area contributed by atoms with Gasteiger partial charge in [0.2, 0.25) is 0 Å². The summed E-state index contributed by atoms with van der Waals surface area (Å²) >= 11 is 0. The Morgan fingerprint density at radius 2 is 2.50 bits per heavy atom. The van der Waals surface area contributed by atoms with Gasteiger partial charge in [-0.05, 0) is 13.0 Å². The summed E-state index contributed by atoms with van der Waals surface area (Å²) in [5, 5.41) is 15.7. The lowest BCUT2D eigenvalue weighted by atomic mass is 10.3. The summed E-state index contributed by atoms with van der Waals surface area (Å²) in [4.78, 5) is 0. The van der Waals surface area contributed by atoms with Crippen LogP contribution in [0.4, 0.5) is 0 Å². The second-order valence-electron chi connectivity index (χ2n) is 2.76. The topological polar surface area (TPSA) is 50.1 Å². The molecule has 12 heavy (non-hydrogen) atoms. The van der Waals surface area contributed by atoms with E-state index in [0.29, 0.717) is 12.6 Å². The Bertz CT molecular complexity index is 198. The Balaban J connectivity index is 2.25. The van der Waals surface area contributed by atoms with Crippen LogP contribution in [0.2, 0.25) is 0 Å². The second kappa shape index (κ2) is 4.90. The van der Waals surface area contributed by atoms with Crippen molar-refractivity contribution in [2.45, 2.75) is 13.0 Å². The molecule has 1 rings (SSSR count). The zero-order chi connectivity index (χ0) is 8.81.